The van der Waals surface area contributed by atoms with Gasteiger partial charge in [-0.15, -0.1) is 10.2 Å². The zero-order valence-corrected chi connectivity index (χ0v) is 20.6. The number of benzene rings is 3. The zero-order chi connectivity index (χ0) is 25.5. The third-order valence-electron chi connectivity index (χ3n) is 7.07. The largest absolute Gasteiger partial charge is 0.497 e. The van der Waals surface area contributed by atoms with Crippen molar-refractivity contribution in [1.29, 1.82) is 0 Å². The second kappa shape index (κ2) is 9.18. The molecule has 0 radical (unpaired) electrons. The van der Waals surface area contributed by atoms with Crippen molar-refractivity contribution in [1.82, 2.24) is 29.4 Å². The average molecular weight is 495 g/mol. The van der Waals surface area contributed by atoms with Gasteiger partial charge in [0.2, 0.25) is 5.65 Å². The lowest BCUT2D eigenvalue weighted by Gasteiger charge is -2.39. The molecule has 1 atom stereocenters. The van der Waals surface area contributed by atoms with E-state index < -0.39 is 0 Å². The van der Waals surface area contributed by atoms with Gasteiger partial charge in [0.15, 0.2) is 5.82 Å². The molecule has 3 heterocycles. The van der Waals surface area contributed by atoms with Crippen LogP contribution in [0.5, 0.6) is 5.75 Å². The summed E-state index contributed by atoms with van der Waals surface area (Å²) in [6.07, 6.45) is 0. The number of carbonyl (C=O) groups is 1. The summed E-state index contributed by atoms with van der Waals surface area (Å²) in [6.45, 7) is 2.02. The number of methoxy groups -OCH3 is 1. The average Bonchev–Trinajstić information content (AvgIpc) is 3.39. The monoisotopic (exact) mass is 494 g/mol. The molecule has 2 aromatic heterocycles. The maximum Gasteiger partial charge on any atom is 0.294 e. The summed E-state index contributed by atoms with van der Waals surface area (Å²) >= 11 is 0. The highest BCUT2D eigenvalue weighted by molar-refractivity contribution is 5.97. The highest BCUT2D eigenvalue weighted by Crippen LogP contribution is 2.27. The third kappa shape index (κ3) is 4.03. The van der Waals surface area contributed by atoms with Crippen LogP contribution in [0.3, 0.4) is 0 Å². The van der Waals surface area contributed by atoms with Crippen molar-refractivity contribution < 1.29 is 9.53 Å². The number of nitrogens with zero attached hydrogens (tertiary/aromatic N) is 5. The van der Waals surface area contributed by atoms with Crippen LogP contribution in [0.4, 0.5) is 0 Å². The molecule has 0 spiro atoms. The summed E-state index contributed by atoms with van der Waals surface area (Å²) in [4.78, 5) is 33.4. The third-order valence-corrected chi connectivity index (χ3v) is 7.07. The summed E-state index contributed by atoms with van der Waals surface area (Å²) in [5.41, 5.74) is 3.60. The van der Waals surface area contributed by atoms with Gasteiger partial charge in [0.1, 0.15) is 5.75 Å². The molecule has 1 unspecified atom stereocenters. The lowest BCUT2D eigenvalue weighted by molar-refractivity contribution is 0.0546. The number of likely N-dealkylation sites (N-methyl/N-ethyl adjacent to an activating group) is 1. The Morgan fingerprint density at radius 3 is 2.54 bits per heavy atom. The van der Waals surface area contributed by atoms with Gasteiger partial charge in [-0.1, -0.05) is 30.3 Å². The van der Waals surface area contributed by atoms with E-state index >= 15 is 0 Å². The minimum absolute atomic E-state index is 0.0592. The first kappa shape index (κ1) is 22.9. The molecule has 1 amide bonds. The number of piperazine rings is 1. The fourth-order valence-corrected chi connectivity index (χ4v) is 5.00. The Morgan fingerprint density at radius 1 is 1.00 bits per heavy atom. The quantitative estimate of drug-likeness (QED) is 0.412. The lowest BCUT2D eigenvalue weighted by Crippen LogP contribution is -2.49. The molecule has 9 heteroatoms. The number of rotatable bonds is 4. The van der Waals surface area contributed by atoms with Gasteiger partial charge >= 0.3 is 0 Å². The summed E-state index contributed by atoms with van der Waals surface area (Å²) in [7, 11) is 3.70. The Bertz CT molecular complexity index is 1660. The molecule has 1 saturated heterocycles. The van der Waals surface area contributed by atoms with Crippen molar-refractivity contribution >= 4 is 22.6 Å². The van der Waals surface area contributed by atoms with Crippen molar-refractivity contribution in [3.05, 3.63) is 94.3 Å². The predicted octanol–water partition coefficient (Wildman–Crippen LogP) is 3.38. The Morgan fingerprint density at radius 2 is 1.78 bits per heavy atom. The molecule has 0 bridgehead atoms. The fraction of sp³-hybridized carbons (Fsp3) is 0.214. The maximum atomic E-state index is 13.5. The second-order valence-corrected chi connectivity index (χ2v) is 9.26. The Hall–Kier alpha value is -4.50. The van der Waals surface area contributed by atoms with Gasteiger partial charge < -0.3 is 14.6 Å². The van der Waals surface area contributed by atoms with Crippen molar-refractivity contribution in [3.8, 4) is 17.1 Å². The van der Waals surface area contributed by atoms with E-state index in [0.717, 1.165) is 17.9 Å². The molecule has 1 fully saturated rings. The van der Waals surface area contributed by atoms with Gasteiger partial charge in [-0.25, -0.2) is 0 Å². The predicted molar refractivity (Wildman–Crippen MR) is 141 cm³/mol. The van der Waals surface area contributed by atoms with E-state index in [2.05, 4.69) is 39.3 Å². The van der Waals surface area contributed by atoms with Crippen LogP contribution in [-0.4, -0.2) is 69.1 Å². The van der Waals surface area contributed by atoms with Crippen LogP contribution in [0.2, 0.25) is 0 Å². The van der Waals surface area contributed by atoms with Gasteiger partial charge in [0, 0.05) is 30.8 Å². The molecule has 1 aliphatic rings. The van der Waals surface area contributed by atoms with Crippen LogP contribution in [-0.2, 0) is 0 Å². The summed E-state index contributed by atoms with van der Waals surface area (Å²) in [5, 5.41) is 8.40. The van der Waals surface area contributed by atoms with E-state index in [1.54, 1.807) is 23.6 Å². The van der Waals surface area contributed by atoms with E-state index in [-0.39, 0.29) is 23.2 Å². The van der Waals surface area contributed by atoms with Gasteiger partial charge in [-0.05, 0) is 55.1 Å². The first-order valence-corrected chi connectivity index (χ1v) is 12.1. The maximum absolute atomic E-state index is 13.5. The van der Waals surface area contributed by atoms with Gasteiger partial charge in [0.05, 0.1) is 24.2 Å². The zero-order valence-electron chi connectivity index (χ0n) is 20.6. The van der Waals surface area contributed by atoms with Crippen LogP contribution in [0.15, 0.2) is 77.6 Å². The number of hydrogen-bond donors (Lipinski definition) is 1. The minimum atomic E-state index is -0.368. The molecule has 3 aromatic carbocycles. The lowest BCUT2D eigenvalue weighted by atomic mass is 10.0. The number of amides is 1. The Balaban J connectivity index is 1.37. The van der Waals surface area contributed by atoms with E-state index in [1.165, 1.54) is 5.56 Å². The number of ether oxygens (including phenoxy) is 1. The molecule has 0 aliphatic carbocycles. The molecule has 37 heavy (non-hydrogen) atoms. The molecule has 0 saturated carbocycles. The summed E-state index contributed by atoms with van der Waals surface area (Å²) in [5.74, 6) is 1.20. The van der Waals surface area contributed by atoms with Crippen LogP contribution in [0, 0.1) is 0 Å². The van der Waals surface area contributed by atoms with Crippen LogP contribution < -0.4 is 10.3 Å². The number of aromatic nitrogens is 4. The molecular weight excluding hydrogens is 468 g/mol. The molecule has 1 N–H and O–H groups in total. The first-order chi connectivity index (χ1) is 18.0. The topological polar surface area (TPSA) is 95.8 Å². The summed E-state index contributed by atoms with van der Waals surface area (Å²) in [6, 6.07) is 23.2. The normalized spacial score (nSPS) is 16.4. The number of carbonyl (C=O) groups excluding carboxylic acids is 1. The SMILES string of the molecule is COc1ccc(-c2nnc3c(=O)[nH]c4cc(C(=O)N5CCN(C)C(c6ccccc6)C5)ccc4n23)cc1. The highest BCUT2D eigenvalue weighted by Gasteiger charge is 2.29. The van der Waals surface area contributed by atoms with E-state index in [0.29, 0.717) is 35.5 Å². The second-order valence-electron chi connectivity index (χ2n) is 9.26. The molecular formula is C28H26N6O3. The number of H-pyrrole nitrogens is 1. The molecule has 5 aromatic rings. The smallest absolute Gasteiger partial charge is 0.294 e. The van der Waals surface area contributed by atoms with Crippen LogP contribution >= 0.6 is 0 Å². The molecule has 1 aliphatic heterocycles. The van der Waals surface area contributed by atoms with Gasteiger partial charge in [0.25, 0.3) is 11.5 Å². The van der Waals surface area contributed by atoms with Gasteiger partial charge in [-0.3, -0.25) is 18.9 Å². The van der Waals surface area contributed by atoms with Crippen LogP contribution in [0.25, 0.3) is 28.1 Å². The number of aromatic amines is 1. The van der Waals surface area contributed by atoms with Gasteiger partial charge in [-0.2, -0.15) is 0 Å². The van der Waals surface area contributed by atoms with Crippen molar-refractivity contribution in [2.45, 2.75) is 6.04 Å². The molecule has 6 rings (SSSR count). The number of fused-ring (bicyclic) bond motifs is 3. The van der Waals surface area contributed by atoms with Crippen molar-refractivity contribution in [3.63, 3.8) is 0 Å². The van der Waals surface area contributed by atoms with E-state index in [1.807, 2.05) is 53.4 Å². The fourth-order valence-electron chi connectivity index (χ4n) is 5.00. The summed E-state index contributed by atoms with van der Waals surface area (Å²) < 4.78 is 6.98. The van der Waals surface area contributed by atoms with Crippen LogP contribution in [0.1, 0.15) is 22.0 Å². The first-order valence-electron chi connectivity index (χ1n) is 12.1. The minimum Gasteiger partial charge on any atom is -0.497 e. The van der Waals surface area contributed by atoms with E-state index in [9.17, 15) is 9.59 Å². The number of nitrogens with one attached hydrogen (secondary N) is 1. The van der Waals surface area contributed by atoms with E-state index in [4.69, 9.17) is 4.74 Å². The Kier molecular flexibility index (Phi) is 5.69. The highest BCUT2D eigenvalue weighted by atomic mass is 16.5. The van der Waals surface area contributed by atoms with Crippen molar-refractivity contribution in [2.75, 3.05) is 33.8 Å². The molecule has 186 valence electrons. The standard InChI is InChI=1S/C28H26N6O3/c1-32-14-15-33(17-24(32)18-6-4-3-5-7-18)28(36)20-10-13-23-22(16-20)29-27(35)26-31-30-25(34(23)26)19-8-11-21(37-2)12-9-19/h3-13,16,24H,14-15,17H2,1-2H3,(H,29,35). The number of hydrogen-bond acceptors (Lipinski definition) is 6. The molecule has 9 nitrogen and oxygen atoms in total. The Labute approximate surface area is 212 Å². The van der Waals surface area contributed by atoms with Crippen molar-refractivity contribution in [2.24, 2.45) is 0 Å².